The number of H-pyrrole nitrogens is 1. The van der Waals surface area contributed by atoms with Crippen molar-refractivity contribution in [3.63, 3.8) is 0 Å². The molecule has 8 heteroatoms. The van der Waals surface area contributed by atoms with E-state index in [0.717, 1.165) is 12.1 Å². The number of aromatic amines is 1. The quantitative estimate of drug-likeness (QED) is 0.824. The van der Waals surface area contributed by atoms with Gasteiger partial charge in [0, 0.05) is 24.8 Å². The Kier molecular flexibility index (Phi) is 4.75. The van der Waals surface area contributed by atoms with Gasteiger partial charge in [-0.25, -0.2) is 4.68 Å². The van der Waals surface area contributed by atoms with E-state index in [0.29, 0.717) is 18.8 Å². The summed E-state index contributed by atoms with van der Waals surface area (Å²) < 4.78 is 1.37. The van der Waals surface area contributed by atoms with Crippen molar-refractivity contribution in [3.05, 3.63) is 39.5 Å². The summed E-state index contributed by atoms with van der Waals surface area (Å²) in [5.41, 5.74) is 1.21. The van der Waals surface area contributed by atoms with Gasteiger partial charge in [-0.1, -0.05) is 11.6 Å². The molecule has 0 saturated carbocycles. The molecular formula is C12H17ClN6O. The highest BCUT2D eigenvalue weighted by atomic mass is 35.5. The first-order valence-electron chi connectivity index (χ1n) is 6.20. The van der Waals surface area contributed by atoms with E-state index >= 15 is 0 Å². The van der Waals surface area contributed by atoms with E-state index in [9.17, 15) is 4.79 Å². The van der Waals surface area contributed by atoms with Crippen LogP contribution in [0.2, 0.25) is 5.02 Å². The summed E-state index contributed by atoms with van der Waals surface area (Å²) in [4.78, 5) is 14.0. The molecule has 2 aromatic rings. The van der Waals surface area contributed by atoms with Crippen LogP contribution >= 0.6 is 11.6 Å². The minimum atomic E-state index is -0.286. The van der Waals surface area contributed by atoms with Crippen LogP contribution in [0.4, 0.5) is 5.69 Å². The molecule has 108 valence electrons. The van der Waals surface area contributed by atoms with Crippen molar-refractivity contribution < 1.29 is 0 Å². The van der Waals surface area contributed by atoms with Crippen molar-refractivity contribution in [2.75, 3.05) is 26.0 Å². The first-order valence-corrected chi connectivity index (χ1v) is 6.57. The summed E-state index contributed by atoms with van der Waals surface area (Å²) in [6, 6.07) is 0. The molecule has 0 radical (unpaired) electrons. The fourth-order valence-corrected chi connectivity index (χ4v) is 1.83. The summed E-state index contributed by atoms with van der Waals surface area (Å²) in [5.74, 6) is 0. The third kappa shape index (κ3) is 3.58. The van der Waals surface area contributed by atoms with E-state index in [4.69, 9.17) is 11.6 Å². The molecule has 0 aromatic carbocycles. The van der Waals surface area contributed by atoms with Crippen LogP contribution in [0.5, 0.6) is 0 Å². The van der Waals surface area contributed by atoms with Gasteiger partial charge in [-0.3, -0.25) is 9.89 Å². The molecule has 0 saturated heterocycles. The lowest BCUT2D eigenvalue weighted by molar-refractivity contribution is 0.367. The molecule has 2 heterocycles. The topological polar surface area (TPSA) is 78.8 Å². The van der Waals surface area contributed by atoms with E-state index < -0.39 is 0 Å². The van der Waals surface area contributed by atoms with Crippen LogP contribution in [-0.2, 0) is 13.1 Å². The summed E-state index contributed by atoms with van der Waals surface area (Å²) in [6.07, 6.45) is 5.04. The summed E-state index contributed by atoms with van der Waals surface area (Å²) in [6.45, 7) is 1.76. The normalized spacial score (nSPS) is 11.0. The first-order chi connectivity index (χ1) is 9.58. The Balaban J connectivity index is 2.08. The maximum absolute atomic E-state index is 12.1. The molecule has 0 aliphatic carbocycles. The molecule has 0 spiro atoms. The molecule has 0 bridgehead atoms. The molecule has 20 heavy (non-hydrogen) atoms. The number of halogens is 1. The fourth-order valence-electron chi connectivity index (χ4n) is 1.61. The molecule has 0 aliphatic heterocycles. The van der Waals surface area contributed by atoms with Crippen molar-refractivity contribution in [1.82, 2.24) is 24.9 Å². The third-order valence-corrected chi connectivity index (χ3v) is 3.15. The van der Waals surface area contributed by atoms with Crippen LogP contribution < -0.4 is 10.9 Å². The average molecular weight is 297 g/mol. The van der Waals surface area contributed by atoms with E-state index in [1.54, 1.807) is 18.6 Å². The molecule has 0 atom stereocenters. The summed E-state index contributed by atoms with van der Waals surface area (Å²) in [7, 11) is 3.88. The lowest BCUT2D eigenvalue weighted by atomic mass is 10.3. The van der Waals surface area contributed by atoms with Gasteiger partial charge < -0.3 is 10.2 Å². The Bertz CT molecular complexity index is 607. The van der Waals surface area contributed by atoms with Crippen LogP contribution in [-0.4, -0.2) is 45.5 Å². The van der Waals surface area contributed by atoms with Gasteiger partial charge in [-0.05, 0) is 14.1 Å². The number of hydrogen-bond donors (Lipinski definition) is 2. The zero-order valence-corrected chi connectivity index (χ0v) is 12.2. The standard InChI is InChI=1S/C12H17ClN6O/c1-18(2)3-4-19-12(20)11(13)10(8-17-19)14-5-9-6-15-16-7-9/h6-8,14H,3-5H2,1-2H3,(H,15,16). The van der Waals surface area contributed by atoms with Crippen molar-refractivity contribution in [2.45, 2.75) is 13.1 Å². The number of nitrogens with zero attached hydrogens (tertiary/aromatic N) is 4. The van der Waals surface area contributed by atoms with Crippen molar-refractivity contribution >= 4 is 17.3 Å². The SMILES string of the molecule is CN(C)CCn1ncc(NCc2cn[nH]c2)c(Cl)c1=O. The minimum Gasteiger partial charge on any atom is -0.378 e. The van der Waals surface area contributed by atoms with Gasteiger partial charge in [0.25, 0.3) is 5.56 Å². The lowest BCUT2D eigenvalue weighted by Gasteiger charge is -2.12. The highest BCUT2D eigenvalue weighted by molar-refractivity contribution is 6.32. The molecule has 0 amide bonds. The van der Waals surface area contributed by atoms with Gasteiger partial charge in [0.15, 0.2) is 0 Å². The highest BCUT2D eigenvalue weighted by Gasteiger charge is 2.09. The fraction of sp³-hybridized carbons (Fsp3) is 0.417. The monoisotopic (exact) mass is 296 g/mol. The number of nitrogens with one attached hydrogen (secondary N) is 2. The van der Waals surface area contributed by atoms with Crippen LogP contribution in [0.1, 0.15) is 5.56 Å². The van der Waals surface area contributed by atoms with Crippen LogP contribution in [0.3, 0.4) is 0 Å². The first kappa shape index (κ1) is 14.5. The van der Waals surface area contributed by atoms with Crippen molar-refractivity contribution in [2.24, 2.45) is 0 Å². The predicted molar refractivity (Wildman–Crippen MR) is 78.0 cm³/mol. The zero-order chi connectivity index (χ0) is 14.5. The number of anilines is 1. The molecular weight excluding hydrogens is 280 g/mol. The average Bonchev–Trinajstić information content (AvgIpc) is 2.92. The number of rotatable bonds is 6. The van der Waals surface area contributed by atoms with Gasteiger partial charge in [-0.15, -0.1) is 0 Å². The molecule has 2 aromatic heterocycles. The maximum atomic E-state index is 12.1. The Labute approximate surface area is 121 Å². The predicted octanol–water partition coefficient (Wildman–Crippen LogP) is 0.793. The number of hydrogen-bond acceptors (Lipinski definition) is 5. The summed E-state index contributed by atoms with van der Waals surface area (Å²) >= 11 is 6.08. The largest absolute Gasteiger partial charge is 0.378 e. The van der Waals surface area contributed by atoms with E-state index in [-0.39, 0.29) is 10.6 Å². The number of aromatic nitrogens is 4. The number of likely N-dealkylation sites (N-methyl/N-ethyl adjacent to an activating group) is 1. The van der Waals surface area contributed by atoms with Crippen LogP contribution in [0, 0.1) is 0 Å². The van der Waals surface area contributed by atoms with Crippen LogP contribution in [0.15, 0.2) is 23.4 Å². The van der Waals surface area contributed by atoms with Gasteiger partial charge in [-0.2, -0.15) is 10.2 Å². The third-order valence-electron chi connectivity index (χ3n) is 2.78. The Hall–Kier alpha value is -1.86. The lowest BCUT2D eigenvalue weighted by Crippen LogP contribution is -2.29. The smallest absolute Gasteiger partial charge is 0.287 e. The van der Waals surface area contributed by atoms with Crippen LogP contribution in [0.25, 0.3) is 0 Å². The molecule has 0 unspecified atom stereocenters. The van der Waals surface area contributed by atoms with Gasteiger partial charge >= 0.3 is 0 Å². The van der Waals surface area contributed by atoms with Gasteiger partial charge in [0.05, 0.1) is 24.6 Å². The Morgan fingerprint density at radius 3 is 2.90 bits per heavy atom. The molecule has 7 nitrogen and oxygen atoms in total. The molecule has 2 rings (SSSR count). The molecule has 2 N–H and O–H groups in total. The maximum Gasteiger partial charge on any atom is 0.287 e. The van der Waals surface area contributed by atoms with Gasteiger partial charge in [0.2, 0.25) is 0 Å². The minimum absolute atomic E-state index is 0.155. The van der Waals surface area contributed by atoms with E-state index in [1.807, 2.05) is 19.0 Å². The van der Waals surface area contributed by atoms with Gasteiger partial charge in [0.1, 0.15) is 5.02 Å². The second-order valence-corrected chi connectivity index (χ2v) is 5.04. The van der Waals surface area contributed by atoms with E-state index in [1.165, 1.54) is 4.68 Å². The second kappa shape index (κ2) is 6.53. The van der Waals surface area contributed by atoms with E-state index in [2.05, 4.69) is 20.6 Å². The van der Waals surface area contributed by atoms with Crippen molar-refractivity contribution in [1.29, 1.82) is 0 Å². The Morgan fingerprint density at radius 1 is 1.45 bits per heavy atom. The van der Waals surface area contributed by atoms with Crippen molar-refractivity contribution in [3.8, 4) is 0 Å². The Morgan fingerprint density at radius 2 is 2.25 bits per heavy atom. The molecule has 0 fully saturated rings. The summed E-state index contributed by atoms with van der Waals surface area (Å²) in [5, 5.41) is 13.9. The highest BCUT2D eigenvalue weighted by Crippen LogP contribution is 2.16. The second-order valence-electron chi connectivity index (χ2n) is 4.66. The zero-order valence-electron chi connectivity index (χ0n) is 11.4. The molecule has 0 aliphatic rings.